The molecule has 0 bridgehead atoms. The number of amides is 2. The maximum Gasteiger partial charge on any atom is 0.321 e. The van der Waals surface area contributed by atoms with E-state index < -0.39 is 0 Å². The molecule has 0 radical (unpaired) electrons. The molecular weight excluding hydrogens is 280 g/mol. The number of nitrogens with one attached hydrogen (secondary N) is 1. The first-order valence-corrected chi connectivity index (χ1v) is 7.81. The molecule has 0 aliphatic carbocycles. The smallest absolute Gasteiger partial charge is 0.321 e. The van der Waals surface area contributed by atoms with Crippen molar-refractivity contribution in [1.29, 1.82) is 0 Å². The van der Waals surface area contributed by atoms with Gasteiger partial charge < -0.3 is 15.0 Å². The number of rotatable bonds is 3. The molecule has 1 aromatic carbocycles. The summed E-state index contributed by atoms with van der Waals surface area (Å²) in [5.74, 6) is -0.412. The fraction of sp³-hybridized carbons (Fsp3) is 0.529. The number of esters is 1. The second kappa shape index (κ2) is 7.29. The summed E-state index contributed by atoms with van der Waals surface area (Å²) < 4.78 is 5.07. The quantitative estimate of drug-likeness (QED) is 0.873. The maximum atomic E-state index is 12.4. The minimum atomic E-state index is -0.210. The van der Waals surface area contributed by atoms with E-state index in [-0.39, 0.29) is 17.9 Å². The van der Waals surface area contributed by atoms with Crippen LogP contribution in [0, 0.1) is 19.8 Å². The van der Waals surface area contributed by atoms with Crippen molar-refractivity contribution in [3.8, 4) is 0 Å². The molecule has 5 nitrogen and oxygen atoms in total. The monoisotopic (exact) mass is 304 g/mol. The highest BCUT2D eigenvalue weighted by atomic mass is 16.5. The number of carbonyl (C=O) groups excluding carboxylic acids is 2. The Kier molecular flexibility index (Phi) is 5.41. The molecule has 0 saturated carbocycles. The average molecular weight is 304 g/mol. The molecule has 1 N–H and O–H groups in total. The molecule has 5 heteroatoms. The van der Waals surface area contributed by atoms with Crippen molar-refractivity contribution in [2.45, 2.75) is 33.6 Å². The predicted octanol–water partition coefficient (Wildman–Crippen LogP) is 3.11. The number of piperidine rings is 1. The molecule has 2 amide bonds. The zero-order valence-electron chi connectivity index (χ0n) is 13.5. The third kappa shape index (κ3) is 3.78. The van der Waals surface area contributed by atoms with Gasteiger partial charge in [-0.15, -0.1) is 0 Å². The molecule has 0 aromatic heterocycles. The van der Waals surface area contributed by atoms with E-state index in [1.54, 1.807) is 11.8 Å². The molecule has 0 spiro atoms. The average Bonchev–Trinajstić information content (AvgIpc) is 2.52. The number of hydrogen-bond donors (Lipinski definition) is 1. The molecule has 1 fully saturated rings. The van der Waals surface area contributed by atoms with E-state index in [2.05, 4.69) is 5.32 Å². The van der Waals surface area contributed by atoms with Gasteiger partial charge in [-0.05, 0) is 50.8 Å². The van der Waals surface area contributed by atoms with Crippen LogP contribution in [0.25, 0.3) is 0 Å². The second-order valence-electron chi connectivity index (χ2n) is 5.71. The van der Waals surface area contributed by atoms with Crippen LogP contribution < -0.4 is 5.32 Å². The molecule has 1 saturated heterocycles. The first-order chi connectivity index (χ1) is 10.5. The summed E-state index contributed by atoms with van der Waals surface area (Å²) in [6.07, 6.45) is 1.61. The van der Waals surface area contributed by atoms with Crippen LogP contribution in [-0.4, -0.2) is 36.6 Å². The van der Waals surface area contributed by atoms with Crippen LogP contribution in [0.4, 0.5) is 10.5 Å². The minimum Gasteiger partial charge on any atom is -0.466 e. The lowest BCUT2D eigenvalue weighted by Gasteiger charge is -2.31. The zero-order chi connectivity index (χ0) is 16.1. The van der Waals surface area contributed by atoms with Gasteiger partial charge in [-0.2, -0.15) is 0 Å². The Hall–Kier alpha value is -2.04. The summed E-state index contributed by atoms with van der Waals surface area (Å²) >= 11 is 0. The van der Waals surface area contributed by atoms with E-state index >= 15 is 0 Å². The largest absolute Gasteiger partial charge is 0.466 e. The van der Waals surface area contributed by atoms with Crippen LogP contribution in [0.3, 0.4) is 0 Å². The number of ether oxygens (including phenoxy) is 1. The van der Waals surface area contributed by atoms with Gasteiger partial charge in [0.1, 0.15) is 0 Å². The van der Waals surface area contributed by atoms with Crippen molar-refractivity contribution in [2.75, 3.05) is 25.0 Å². The number of benzene rings is 1. The molecule has 22 heavy (non-hydrogen) atoms. The van der Waals surface area contributed by atoms with Gasteiger partial charge in [0.15, 0.2) is 0 Å². The second-order valence-corrected chi connectivity index (χ2v) is 5.71. The van der Waals surface area contributed by atoms with Gasteiger partial charge in [0.05, 0.1) is 12.5 Å². The summed E-state index contributed by atoms with van der Waals surface area (Å²) in [5, 5.41) is 2.95. The SMILES string of the molecule is CCOC(=O)[C@H]1CCCN(C(=O)Nc2cccc(C)c2C)C1. The molecular formula is C17H24N2O3. The Morgan fingerprint density at radius 3 is 2.86 bits per heavy atom. The molecule has 1 aliphatic rings. The van der Waals surface area contributed by atoms with E-state index in [9.17, 15) is 9.59 Å². The van der Waals surface area contributed by atoms with E-state index in [0.717, 1.165) is 29.7 Å². The number of nitrogens with zero attached hydrogens (tertiary/aromatic N) is 1. The Labute approximate surface area is 131 Å². The van der Waals surface area contributed by atoms with Crippen molar-refractivity contribution in [2.24, 2.45) is 5.92 Å². The number of aryl methyl sites for hydroxylation is 1. The first-order valence-electron chi connectivity index (χ1n) is 7.81. The normalized spacial score (nSPS) is 18.0. The molecule has 1 atom stereocenters. The van der Waals surface area contributed by atoms with Gasteiger partial charge in [0.25, 0.3) is 0 Å². The maximum absolute atomic E-state index is 12.4. The lowest BCUT2D eigenvalue weighted by molar-refractivity contribution is -0.149. The molecule has 1 aliphatic heterocycles. The third-order valence-corrected chi connectivity index (χ3v) is 4.17. The minimum absolute atomic E-state index is 0.150. The third-order valence-electron chi connectivity index (χ3n) is 4.17. The van der Waals surface area contributed by atoms with Crippen molar-refractivity contribution in [3.63, 3.8) is 0 Å². The van der Waals surface area contributed by atoms with E-state index in [1.165, 1.54) is 0 Å². The van der Waals surface area contributed by atoms with Crippen molar-refractivity contribution in [1.82, 2.24) is 4.90 Å². The molecule has 2 rings (SSSR count). The molecule has 0 unspecified atom stereocenters. The Morgan fingerprint density at radius 2 is 2.14 bits per heavy atom. The van der Waals surface area contributed by atoms with Crippen LogP contribution in [-0.2, 0) is 9.53 Å². The summed E-state index contributed by atoms with van der Waals surface area (Å²) in [7, 11) is 0. The van der Waals surface area contributed by atoms with Gasteiger partial charge in [-0.25, -0.2) is 4.79 Å². The predicted molar refractivity (Wildman–Crippen MR) is 85.9 cm³/mol. The van der Waals surface area contributed by atoms with E-state index in [0.29, 0.717) is 19.7 Å². The lowest BCUT2D eigenvalue weighted by atomic mass is 9.98. The summed E-state index contributed by atoms with van der Waals surface area (Å²) in [6, 6.07) is 5.69. The first kappa shape index (κ1) is 16.3. The van der Waals surface area contributed by atoms with Crippen molar-refractivity contribution < 1.29 is 14.3 Å². The Bertz CT molecular complexity index is 557. The van der Waals surface area contributed by atoms with Gasteiger partial charge in [-0.1, -0.05) is 12.1 Å². The van der Waals surface area contributed by atoms with Gasteiger partial charge in [-0.3, -0.25) is 4.79 Å². The molecule has 1 aromatic rings. The number of hydrogen-bond acceptors (Lipinski definition) is 3. The summed E-state index contributed by atoms with van der Waals surface area (Å²) in [6.45, 7) is 7.28. The fourth-order valence-electron chi connectivity index (χ4n) is 2.69. The van der Waals surface area contributed by atoms with Crippen LogP contribution >= 0.6 is 0 Å². The van der Waals surface area contributed by atoms with E-state index in [1.807, 2.05) is 32.0 Å². The topological polar surface area (TPSA) is 58.6 Å². The highest BCUT2D eigenvalue weighted by Crippen LogP contribution is 2.21. The van der Waals surface area contributed by atoms with Crippen molar-refractivity contribution in [3.05, 3.63) is 29.3 Å². The highest BCUT2D eigenvalue weighted by Gasteiger charge is 2.29. The van der Waals surface area contributed by atoms with Crippen molar-refractivity contribution >= 4 is 17.7 Å². The summed E-state index contributed by atoms with van der Waals surface area (Å²) in [4.78, 5) is 26.0. The van der Waals surface area contributed by atoms with Gasteiger partial charge in [0.2, 0.25) is 0 Å². The van der Waals surface area contributed by atoms with E-state index in [4.69, 9.17) is 4.74 Å². The number of likely N-dealkylation sites (tertiary alicyclic amines) is 1. The molecule has 120 valence electrons. The fourth-order valence-corrected chi connectivity index (χ4v) is 2.69. The molecule has 1 heterocycles. The zero-order valence-corrected chi connectivity index (χ0v) is 13.5. The van der Waals surface area contributed by atoms with Crippen LogP contribution in [0.5, 0.6) is 0 Å². The summed E-state index contributed by atoms with van der Waals surface area (Å²) in [5.41, 5.74) is 3.03. The van der Waals surface area contributed by atoms with Gasteiger partial charge in [0, 0.05) is 18.8 Å². The lowest BCUT2D eigenvalue weighted by Crippen LogP contribution is -2.44. The highest BCUT2D eigenvalue weighted by molar-refractivity contribution is 5.90. The van der Waals surface area contributed by atoms with Gasteiger partial charge >= 0.3 is 12.0 Å². The Morgan fingerprint density at radius 1 is 1.36 bits per heavy atom. The number of carbonyl (C=O) groups is 2. The number of urea groups is 1. The standard InChI is InChI=1S/C17H24N2O3/c1-4-22-16(20)14-8-6-10-19(11-14)17(21)18-15-9-5-7-12(2)13(15)3/h5,7,9,14H,4,6,8,10-11H2,1-3H3,(H,18,21)/t14-/m0/s1. The van der Waals surface area contributed by atoms with Crippen LogP contribution in [0.15, 0.2) is 18.2 Å². The van der Waals surface area contributed by atoms with Crippen LogP contribution in [0.2, 0.25) is 0 Å². The Balaban J connectivity index is 2.00. The van der Waals surface area contributed by atoms with Crippen LogP contribution in [0.1, 0.15) is 30.9 Å². The number of anilines is 1.